The Kier molecular flexibility index (Phi) is 7.28. The number of carbonyl (C=O) groups excluding carboxylic acids is 1. The molecule has 0 saturated carbocycles. The number of carbonyl (C=O) groups is 1. The highest BCUT2D eigenvalue weighted by molar-refractivity contribution is 9.10. The first-order valence-corrected chi connectivity index (χ1v) is 11.8. The Bertz CT molecular complexity index is 1010. The molecule has 0 bridgehead atoms. The van der Waals surface area contributed by atoms with Crippen molar-refractivity contribution in [2.45, 2.75) is 25.4 Å². The zero-order chi connectivity index (χ0) is 21.8. The molecule has 1 aliphatic carbocycles. The van der Waals surface area contributed by atoms with Crippen molar-refractivity contribution in [3.05, 3.63) is 80.3 Å². The Balaban J connectivity index is 1.49. The highest BCUT2D eigenvalue weighted by Crippen LogP contribution is 2.35. The molecule has 0 aromatic heterocycles. The maximum atomic E-state index is 13.2. The van der Waals surface area contributed by atoms with Crippen molar-refractivity contribution in [2.75, 3.05) is 26.2 Å². The molecule has 0 atom stereocenters. The van der Waals surface area contributed by atoms with Crippen molar-refractivity contribution < 1.29 is 9.90 Å². The zero-order valence-corrected chi connectivity index (χ0v) is 19.6. The molecule has 0 spiro atoms. The van der Waals surface area contributed by atoms with Crippen LogP contribution >= 0.6 is 27.5 Å². The third-order valence-corrected chi connectivity index (χ3v) is 6.63. The fourth-order valence-electron chi connectivity index (χ4n) is 4.16. The maximum absolute atomic E-state index is 13.2. The molecule has 4 nitrogen and oxygen atoms in total. The number of hydrogen-bond acceptors (Lipinski definition) is 3. The van der Waals surface area contributed by atoms with Crippen LogP contribution in [0.5, 0.6) is 0 Å². The van der Waals surface area contributed by atoms with Crippen LogP contribution in [0, 0.1) is 0 Å². The molecule has 162 valence electrons. The average molecular weight is 502 g/mol. The van der Waals surface area contributed by atoms with Crippen LogP contribution in [0.25, 0.3) is 11.6 Å². The number of nitrogens with one attached hydrogen (secondary N) is 1. The van der Waals surface area contributed by atoms with Gasteiger partial charge in [-0.3, -0.25) is 4.79 Å². The van der Waals surface area contributed by atoms with Crippen LogP contribution in [0.15, 0.2) is 58.6 Å². The maximum Gasteiger partial charge on any atom is 0.252 e. The Morgan fingerprint density at radius 3 is 2.65 bits per heavy atom. The number of benzene rings is 2. The summed E-state index contributed by atoms with van der Waals surface area (Å²) >= 11 is 9.53. The Hall–Kier alpha value is -1.92. The van der Waals surface area contributed by atoms with E-state index < -0.39 is 0 Å². The molecule has 1 fully saturated rings. The summed E-state index contributed by atoms with van der Waals surface area (Å²) in [6.07, 6.45) is 6.23. The minimum absolute atomic E-state index is 0.0335. The van der Waals surface area contributed by atoms with Gasteiger partial charge in [0.05, 0.1) is 11.7 Å². The molecule has 2 aliphatic rings. The molecule has 0 unspecified atom stereocenters. The molecule has 2 N–H and O–H groups in total. The Morgan fingerprint density at radius 2 is 1.90 bits per heavy atom. The first kappa shape index (κ1) is 22.3. The van der Waals surface area contributed by atoms with Crippen molar-refractivity contribution in [2.24, 2.45) is 0 Å². The van der Waals surface area contributed by atoms with E-state index in [-0.39, 0.29) is 12.0 Å². The van der Waals surface area contributed by atoms with Gasteiger partial charge in [-0.2, -0.15) is 0 Å². The van der Waals surface area contributed by atoms with Gasteiger partial charge in [0.25, 0.3) is 5.91 Å². The molecule has 31 heavy (non-hydrogen) atoms. The summed E-state index contributed by atoms with van der Waals surface area (Å²) in [6.45, 7) is 3.16. The Labute approximate surface area is 196 Å². The van der Waals surface area contributed by atoms with E-state index in [0.717, 1.165) is 71.2 Å². The average Bonchev–Trinajstić information content (AvgIpc) is 3.12. The number of piperidine rings is 1. The second kappa shape index (κ2) is 10.1. The van der Waals surface area contributed by atoms with Gasteiger partial charge in [-0.05, 0) is 65.8 Å². The van der Waals surface area contributed by atoms with Crippen molar-refractivity contribution in [1.29, 1.82) is 0 Å². The molecular weight excluding hydrogens is 476 g/mol. The van der Waals surface area contributed by atoms with E-state index in [4.69, 9.17) is 11.6 Å². The molecular formula is C25H26BrClN2O2. The lowest BCUT2D eigenvalue weighted by atomic mass is 10.0. The first-order valence-electron chi connectivity index (χ1n) is 10.6. The van der Waals surface area contributed by atoms with E-state index >= 15 is 0 Å². The number of allylic oxidation sites excluding steroid dienone is 2. The van der Waals surface area contributed by atoms with Gasteiger partial charge in [0.2, 0.25) is 0 Å². The number of amides is 1. The van der Waals surface area contributed by atoms with Crippen LogP contribution < -0.4 is 5.32 Å². The van der Waals surface area contributed by atoms with Gasteiger partial charge in [-0.1, -0.05) is 57.9 Å². The molecule has 2 aromatic rings. The van der Waals surface area contributed by atoms with Gasteiger partial charge in [-0.25, -0.2) is 0 Å². The van der Waals surface area contributed by atoms with Gasteiger partial charge in [0.15, 0.2) is 0 Å². The Morgan fingerprint density at radius 1 is 1.16 bits per heavy atom. The standard InChI is InChI=1S/C25H26BrClN2O2/c26-20-5-8-23-19(16-20)15-18(4-1-17-2-6-21(27)7-3-17)24(23)25(31)28-11-14-29-12-9-22(30)10-13-29/h1-8,16,22,30H,9-15H2,(H,28,31)/b4-1+. The molecule has 6 heteroatoms. The number of fused-ring (bicyclic) bond motifs is 1. The van der Waals surface area contributed by atoms with Gasteiger partial charge in [-0.15, -0.1) is 0 Å². The van der Waals surface area contributed by atoms with E-state index in [9.17, 15) is 9.90 Å². The number of halogens is 2. The molecule has 1 amide bonds. The molecule has 1 heterocycles. The quantitative estimate of drug-likeness (QED) is 0.603. The highest BCUT2D eigenvalue weighted by Gasteiger charge is 2.26. The minimum Gasteiger partial charge on any atom is -0.393 e. The summed E-state index contributed by atoms with van der Waals surface area (Å²) in [4.78, 5) is 15.5. The number of aliphatic hydroxyl groups excluding tert-OH is 1. The number of likely N-dealkylation sites (tertiary alicyclic amines) is 1. The van der Waals surface area contributed by atoms with Crippen LogP contribution in [0.2, 0.25) is 5.02 Å². The van der Waals surface area contributed by atoms with Gasteiger partial charge >= 0.3 is 0 Å². The topological polar surface area (TPSA) is 52.6 Å². The summed E-state index contributed by atoms with van der Waals surface area (Å²) < 4.78 is 1.02. The number of nitrogens with zero attached hydrogens (tertiary/aromatic N) is 1. The fraction of sp³-hybridized carbons (Fsp3) is 0.320. The lowest BCUT2D eigenvalue weighted by molar-refractivity contribution is -0.115. The smallest absolute Gasteiger partial charge is 0.252 e. The second-order valence-electron chi connectivity index (χ2n) is 8.09. The fourth-order valence-corrected chi connectivity index (χ4v) is 4.69. The van der Waals surface area contributed by atoms with Crippen LogP contribution in [0.4, 0.5) is 0 Å². The number of rotatable bonds is 6. The SMILES string of the molecule is O=C(NCCN1CCC(O)CC1)C1=C(/C=C/c2ccc(Cl)cc2)Cc2cc(Br)ccc21. The second-order valence-corrected chi connectivity index (χ2v) is 9.44. The lowest BCUT2D eigenvalue weighted by Crippen LogP contribution is -2.40. The largest absolute Gasteiger partial charge is 0.393 e. The van der Waals surface area contributed by atoms with Gasteiger partial charge in [0.1, 0.15) is 0 Å². The third-order valence-electron chi connectivity index (χ3n) is 5.88. The number of hydrogen-bond donors (Lipinski definition) is 2. The molecule has 0 radical (unpaired) electrons. The van der Waals surface area contributed by atoms with Crippen LogP contribution in [-0.4, -0.2) is 48.2 Å². The zero-order valence-electron chi connectivity index (χ0n) is 17.3. The normalized spacial score (nSPS) is 17.4. The van der Waals surface area contributed by atoms with E-state index in [2.05, 4.69) is 32.2 Å². The molecule has 1 saturated heterocycles. The van der Waals surface area contributed by atoms with Crippen LogP contribution in [0.3, 0.4) is 0 Å². The summed E-state index contributed by atoms with van der Waals surface area (Å²) in [5, 5.41) is 13.5. The van der Waals surface area contributed by atoms with Crippen molar-refractivity contribution in [1.82, 2.24) is 10.2 Å². The number of aliphatic hydroxyl groups is 1. The monoisotopic (exact) mass is 500 g/mol. The molecule has 2 aromatic carbocycles. The minimum atomic E-state index is -0.180. The molecule has 1 aliphatic heterocycles. The van der Waals surface area contributed by atoms with Gasteiger partial charge in [0, 0.05) is 35.7 Å². The predicted molar refractivity (Wildman–Crippen MR) is 130 cm³/mol. The van der Waals surface area contributed by atoms with E-state index in [0.29, 0.717) is 11.6 Å². The van der Waals surface area contributed by atoms with Crippen LogP contribution in [-0.2, 0) is 11.2 Å². The van der Waals surface area contributed by atoms with Crippen molar-refractivity contribution >= 4 is 45.1 Å². The third kappa shape index (κ3) is 5.66. The predicted octanol–water partition coefficient (Wildman–Crippen LogP) is 4.70. The summed E-state index contributed by atoms with van der Waals surface area (Å²) in [5.74, 6) is -0.0335. The van der Waals surface area contributed by atoms with E-state index in [1.54, 1.807) is 0 Å². The van der Waals surface area contributed by atoms with Crippen LogP contribution in [0.1, 0.15) is 29.5 Å². The van der Waals surface area contributed by atoms with E-state index in [1.165, 1.54) is 0 Å². The molecule has 4 rings (SSSR count). The summed E-state index contributed by atoms with van der Waals surface area (Å²) in [5.41, 5.74) is 4.96. The highest BCUT2D eigenvalue weighted by atomic mass is 79.9. The van der Waals surface area contributed by atoms with Crippen molar-refractivity contribution in [3.63, 3.8) is 0 Å². The van der Waals surface area contributed by atoms with Crippen molar-refractivity contribution in [3.8, 4) is 0 Å². The van der Waals surface area contributed by atoms with Gasteiger partial charge < -0.3 is 15.3 Å². The summed E-state index contributed by atoms with van der Waals surface area (Å²) in [6, 6.07) is 13.7. The summed E-state index contributed by atoms with van der Waals surface area (Å²) in [7, 11) is 0. The first-order chi connectivity index (χ1) is 15.0. The lowest BCUT2D eigenvalue weighted by Gasteiger charge is -2.29. The van der Waals surface area contributed by atoms with E-state index in [1.807, 2.05) is 48.6 Å².